The van der Waals surface area contributed by atoms with E-state index in [4.69, 9.17) is 23.8 Å². The maximum Gasteiger partial charge on any atom is 0.257 e. The monoisotopic (exact) mass is 423 g/mol. The van der Waals surface area contributed by atoms with Crippen LogP contribution in [0.2, 0.25) is 5.02 Å². The van der Waals surface area contributed by atoms with E-state index in [0.717, 1.165) is 5.56 Å². The second kappa shape index (κ2) is 9.32. The molecule has 0 fully saturated rings. The largest absolute Gasteiger partial charge is 0.332 e. The number of anilines is 2. The second-order valence-electron chi connectivity index (χ2n) is 6.26. The minimum atomic E-state index is -0.344. The van der Waals surface area contributed by atoms with E-state index in [1.807, 2.05) is 25.1 Å². The summed E-state index contributed by atoms with van der Waals surface area (Å²) < 4.78 is 0. The number of hydrogen-bond donors (Lipinski definition) is 3. The van der Waals surface area contributed by atoms with E-state index >= 15 is 0 Å². The Morgan fingerprint density at radius 3 is 2.17 bits per heavy atom. The molecule has 0 heterocycles. The Balaban J connectivity index is 1.62. The van der Waals surface area contributed by atoms with Crippen molar-refractivity contribution in [1.82, 2.24) is 5.32 Å². The predicted octanol–water partition coefficient (Wildman–Crippen LogP) is 5.03. The van der Waals surface area contributed by atoms with Crippen LogP contribution in [0.3, 0.4) is 0 Å². The Labute approximate surface area is 179 Å². The summed E-state index contributed by atoms with van der Waals surface area (Å²) in [6.07, 6.45) is 0. The average Bonchev–Trinajstić information content (AvgIpc) is 2.69. The predicted molar refractivity (Wildman–Crippen MR) is 121 cm³/mol. The van der Waals surface area contributed by atoms with E-state index in [2.05, 4.69) is 16.0 Å². The maximum absolute atomic E-state index is 12.5. The Morgan fingerprint density at radius 2 is 1.48 bits per heavy atom. The molecule has 0 aliphatic rings. The first kappa shape index (κ1) is 20.5. The van der Waals surface area contributed by atoms with Gasteiger partial charge in [-0.25, -0.2) is 0 Å². The minimum Gasteiger partial charge on any atom is -0.332 e. The Morgan fingerprint density at radius 1 is 0.828 bits per heavy atom. The quantitative estimate of drug-likeness (QED) is 0.515. The van der Waals surface area contributed by atoms with Crippen molar-refractivity contribution in [2.45, 2.75) is 6.92 Å². The van der Waals surface area contributed by atoms with Gasteiger partial charge < -0.3 is 10.6 Å². The summed E-state index contributed by atoms with van der Waals surface area (Å²) in [6.45, 7) is 1.88. The number of aryl methyl sites for hydroxylation is 1. The fourth-order valence-corrected chi connectivity index (χ4v) is 2.98. The number of amides is 2. The van der Waals surface area contributed by atoms with Gasteiger partial charge in [-0.15, -0.1) is 0 Å². The molecule has 0 aliphatic carbocycles. The summed E-state index contributed by atoms with van der Waals surface area (Å²) in [7, 11) is 0. The number of nitrogens with one attached hydrogen (secondary N) is 3. The van der Waals surface area contributed by atoms with Gasteiger partial charge in [-0.2, -0.15) is 0 Å². The lowest BCUT2D eigenvalue weighted by atomic mass is 10.1. The number of thiocarbonyl (C=S) groups is 1. The minimum absolute atomic E-state index is 0.146. The lowest BCUT2D eigenvalue weighted by Crippen LogP contribution is -2.34. The van der Waals surface area contributed by atoms with Gasteiger partial charge >= 0.3 is 0 Å². The van der Waals surface area contributed by atoms with Crippen molar-refractivity contribution in [2.75, 3.05) is 10.6 Å². The van der Waals surface area contributed by atoms with Crippen molar-refractivity contribution in [1.29, 1.82) is 0 Å². The zero-order chi connectivity index (χ0) is 20.8. The van der Waals surface area contributed by atoms with Crippen LogP contribution in [-0.2, 0) is 0 Å². The zero-order valence-electron chi connectivity index (χ0n) is 15.5. The number of carbonyl (C=O) groups is 2. The van der Waals surface area contributed by atoms with Crippen LogP contribution in [0, 0.1) is 6.92 Å². The van der Waals surface area contributed by atoms with Gasteiger partial charge in [0, 0.05) is 27.5 Å². The Bertz CT molecular complexity index is 1070. The molecule has 29 heavy (non-hydrogen) atoms. The topological polar surface area (TPSA) is 70.2 Å². The van der Waals surface area contributed by atoms with Crippen molar-refractivity contribution in [3.8, 4) is 0 Å². The van der Waals surface area contributed by atoms with Crippen molar-refractivity contribution in [3.05, 3.63) is 94.5 Å². The highest BCUT2D eigenvalue weighted by Crippen LogP contribution is 2.17. The first-order valence-corrected chi connectivity index (χ1v) is 9.56. The van der Waals surface area contributed by atoms with Crippen LogP contribution in [0.5, 0.6) is 0 Å². The molecule has 0 aliphatic heterocycles. The van der Waals surface area contributed by atoms with Crippen molar-refractivity contribution >= 4 is 52.1 Å². The third kappa shape index (κ3) is 5.63. The van der Waals surface area contributed by atoms with Gasteiger partial charge in [0.15, 0.2) is 5.11 Å². The molecule has 0 saturated heterocycles. The van der Waals surface area contributed by atoms with E-state index in [9.17, 15) is 9.59 Å². The van der Waals surface area contributed by atoms with Gasteiger partial charge in [-0.1, -0.05) is 35.9 Å². The number of carbonyl (C=O) groups excluding carboxylic acids is 2. The van der Waals surface area contributed by atoms with Gasteiger partial charge in [0.1, 0.15) is 0 Å². The molecule has 0 spiro atoms. The first-order chi connectivity index (χ1) is 13.9. The highest BCUT2D eigenvalue weighted by atomic mass is 35.5. The molecule has 3 rings (SSSR count). The summed E-state index contributed by atoms with van der Waals surface area (Å²) in [6, 6.07) is 20.9. The van der Waals surface area contributed by atoms with E-state index in [1.54, 1.807) is 54.6 Å². The van der Waals surface area contributed by atoms with Crippen LogP contribution < -0.4 is 16.0 Å². The number of benzene rings is 3. The third-order valence-corrected chi connectivity index (χ3v) is 4.56. The standard InChI is InChI=1S/C22H18ClN3O2S/c1-14-5-2-3-8-19(14)21(28)24-17-6-4-7-18(13-17)25-22(29)26-20(27)15-9-11-16(23)12-10-15/h2-13H,1H3,(H,24,28)(H2,25,26,27,29). The van der Waals surface area contributed by atoms with Gasteiger partial charge in [-0.3, -0.25) is 14.9 Å². The highest BCUT2D eigenvalue weighted by Gasteiger charge is 2.10. The molecule has 0 aromatic heterocycles. The summed E-state index contributed by atoms with van der Waals surface area (Å²) in [5.74, 6) is -0.540. The van der Waals surface area contributed by atoms with E-state index in [1.165, 1.54) is 0 Å². The Kier molecular flexibility index (Phi) is 6.59. The average molecular weight is 424 g/mol. The van der Waals surface area contributed by atoms with Gasteiger partial charge in [-0.05, 0) is 73.2 Å². The summed E-state index contributed by atoms with van der Waals surface area (Å²) in [5.41, 5.74) is 3.18. The SMILES string of the molecule is Cc1ccccc1C(=O)Nc1cccc(NC(=S)NC(=O)c2ccc(Cl)cc2)c1. The van der Waals surface area contributed by atoms with E-state index in [0.29, 0.717) is 27.5 Å². The zero-order valence-corrected chi connectivity index (χ0v) is 17.1. The molecular weight excluding hydrogens is 406 g/mol. The second-order valence-corrected chi connectivity index (χ2v) is 7.11. The summed E-state index contributed by atoms with van der Waals surface area (Å²) >= 11 is 11.0. The molecule has 0 saturated carbocycles. The number of rotatable bonds is 4. The molecule has 0 unspecified atom stereocenters. The maximum atomic E-state index is 12.5. The van der Waals surface area contributed by atoms with Crippen LogP contribution in [0.25, 0.3) is 0 Å². The van der Waals surface area contributed by atoms with E-state index < -0.39 is 0 Å². The van der Waals surface area contributed by atoms with Crippen LogP contribution in [0.15, 0.2) is 72.8 Å². The van der Waals surface area contributed by atoms with Gasteiger partial charge in [0.05, 0.1) is 0 Å². The van der Waals surface area contributed by atoms with Crippen molar-refractivity contribution < 1.29 is 9.59 Å². The Hall–Kier alpha value is -3.22. The summed E-state index contributed by atoms with van der Waals surface area (Å²) in [5, 5.41) is 9.11. The smallest absolute Gasteiger partial charge is 0.257 e. The number of halogens is 1. The molecule has 146 valence electrons. The van der Waals surface area contributed by atoms with Crippen molar-refractivity contribution in [2.24, 2.45) is 0 Å². The van der Waals surface area contributed by atoms with Gasteiger partial charge in [0.25, 0.3) is 11.8 Å². The molecule has 7 heteroatoms. The third-order valence-electron chi connectivity index (χ3n) is 4.10. The first-order valence-electron chi connectivity index (χ1n) is 8.77. The van der Waals surface area contributed by atoms with Crippen LogP contribution >= 0.6 is 23.8 Å². The molecule has 3 N–H and O–H groups in total. The molecule has 5 nitrogen and oxygen atoms in total. The van der Waals surface area contributed by atoms with E-state index in [-0.39, 0.29) is 16.9 Å². The van der Waals surface area contributed by atoms with Crippen LogP contribution in [0.1, 0.15) is 26.3 Å². The molecule has 3 aromatic carbocycles. The normalized spacial score (nSPS) is 10.1. The lowest BCUT2D eigenvalue weighted by Gasteiger charge is -2.12. The van der Waals surface area contributed by atoms with Crippen LogP contribution in [0.4, 0.5) is 11.4 Å². The van der Waals surface area contributed by atoms with Crippen molar-refractivity contribution in [3.63, 3.8) is 0 Å². The lowest BCUT2D eigenvalue weighted by molar-refractivity contribution is 0.0976. The molecule has 3 aromatic rings. The van der Waals surface area contributed by atoms with Gasteiger partial charge in [0.2, 0.25) is 0 Å². The molecular formula is C22H18ClN3O2S. The summed E-state index contributed by atoms with van der Waals surface area (Å²) in [4.78, 5) is 24.7. The fraction of sp³-hybridized carbons (Fsp3) is 0.0455. The molecule has 0 bridgehead atoms. The molecule has 2 amide bonds. The highest BCUT2D eigenvalue weighted by molar-refractivity contribution is 7.80. The fourth-order valence-electron chi connectivity index (χ4n) is 2.64. The molecule has 0 radical (unpaired) electrons. The molecule has 0 atom stereocenters. The number of hydrogen-bond acceptors (Lipinski definition) is 3. The van der Waals surface area contributed by atoms with Crippen LogP contribution in [-0.4, -0.2) is 16.9 Å².